The SMILES string of the molecule is COc1ccc(S(=O)(=O)Nc2ccc(S(=O)(=O)Nc3ccc(C)cc3)cc2)c(Cl)c1Cl. The summed E-state index contributed by atoms with van der Waals surface area (Å²) < 4.78 is 60.3. The molecule has 3 aromatic carbocycles. The number of hydrogen-bond donors (Lipinski definition) is 2. The molecule has 164 valence electrons. The highest BCUT2D eigenvalue weighted by Crippen LogP contribution is 2.37. The number of rotatable bonds is 7. The van der Waals surface area contributed by atoms with E-state index in [2.05, 4.69) is 9.44 Å². The Morgan fingerprint density at radius 2 is 1.23 bits per heavy atom. The molecule has 0 bridgehead atoms. The van der Waals surface area contributed by atoms with Crippen LogP contribution in [0.5, 0.6) is 5.75 Å². The Balaban J connectivity index is 1.81. The first-order valence-electron chi connectivity index (χ1n) is 8.78. The molecule has 3 aromatic rings. The molecule has 0 spiro atoms. The average Bonchev–Trinajstić information content (AvgIpc) is 2.71. The second kappa shape index (κ2) is 8.96. The molecule has 0 amide bonds. The third-order valence-electron chi connectivity index (χ3n) is 4.24. The van der Waals surface area contributed by atoms with Crippen molar-refractivity contribution in [2.75, 3.05) is 16.6 Å². The number of methoxy groups -OCH3 is 1. The summed E-state index contributed by atoms with van der Waals surface area (Å²) in [6.07, 6.45) is 0. The van der Waals surface area contributed by atoms with E-state index in [1.165, 1.54) is 43.5 Å². The molecule has 0 heterocycles. The molecular formula is C20H18Cl2N2O5S2. The van der Waals surface area contributed by atoms with Gasteiger partial charge < -0.3 is 4.74 Å². The van der Waals surface area contributed by atoms with Crippen molar-refractivity contribution < 1.29 is 21.6 Å². The first-order chi connectivity index (χ1) is 14.5. The smallest absolute Gasteiger partial charge is 0.263 e. The number of nitrogens with one attached hydrogen (secondary N) is 2. The largest absolute Gasteiger partial charge is 0.495 e. The molecule has 2 N–H and O–H groups in total. The van der Waals surface area contributed by atoms with E-state index in [1.807, 2.05) is 6.92 Å². The molecule has 11 heteroatoms. The minimum Gasteiger partial charge on any atom is -0.495 e. The highest BCUT2D eigenvalue weighted by molar-refractivity contribution is 7.93. The van der Waals surface area contributed by atoms with Crippen molar-refractivity contribution in [1.29, 1.82) is 0 Å². The van der Waals surface area contributed by atoms with Gasteiger partial charge in [0, 0.05) is 11.4 Å². The van der Waals surface area contributed by atoms with Gasteiger partial charge in [-0.2, -0.15) is 0 Å². The number of ether oxygens (including phenoxy) is 1. The molecule has 0 unspecified atom stereocenters. The molecule has 0 saturated heterocycles. The zero-order valence-corrected chi connectivity index (χ0v) is 19.5. The second-order valence-corrected chi connectivity index (χ2v) is 10.6. The Labute approximate surface area is 191 Å². The van der Waals surface area contributed by atoms with Crippen LogP contribution >= 0.6 is 23.2 Å². The van der Waals surface area contributed by atoms with Gasteiger partial charge in [-0.05, 0) is 55.5 Å². The molecule has 0 radical (unpaired) electrons. The minimum atomic E-state index is -4.08. The van der Waals surface area contributed by atoms with Crippen LogP contribution < -0.4 is 14.2 Å². The minimum absolute atomic E-state index is 0.0263. The quantitative estimate of drug-likeness (QED) is 0.479. The number of halogens is 2. The maximum absolute atomic E-state index is 12.7. The molecule has 0 aliphatic heterocycles. The third kappa shape index (κ3) is 5.24. The van der Waals surface area contributed by atoms with Gasteiger partial charge in [-0.1, -0.05) is 40.9 Å². The Hall–Kier alpha value is -2.46. The summed E-state index contributed by atoms with van der Waals surface area (Å²) in [5.74, 6) is 0.237. The van der Waals surface area contributed by atoms with Crippen molar-refractivity contribution in [3.63, 3.8) is 0 Å². The molecule has 0 aromatic heterocycles. The standard InChI is InChI=1S/C20H18Cl2N2O5S2/c1-13-3-5-14(6-4-13)23-30(25,26)16-9-7-15(8-10-16)24-31(27,28)18-12-11-17(29-2)19(21)20(18)22/h3-12,23-24H,1-2H3. The first-order valence-corrected chi connectivity index (χ1v) is 12.5. The highest BCUT2D eigenvalue weighted by atomic mass is 35.5. The lowest BCUT2D eigenvalue weighted by atomic mass is 10.2. The first kappa shape index (κ1) is 23.2. The topological polar surface area (TPSA) is 102 Å². The van der Waals surface area contributed by atoms with E-state index in [0.717, 1.165) is 5.56 Å². The molecule has 7 nitrogen and oxygen atoms in total. The maximum atomic E-state index is 12.7. The number of benzene rings is 3. The van der Waals surface area contributed by atoms with E-state index in [1.54, 1.807) is 24.3 Å². The van der Waals surface area contributed by atoms with Crippen molar-refractivity contribution >= 4 is 54.6 Å². The van der Waals surface area contributed by atoms with Gasteiger partial charge in [-0.15, -0.1) is 0 Å². The van der Waals surface area contributed by atoms with Crippen molar-refractivity contribution in [2.45, 2.75) is 16.7 Å². The summed E-state index contributed by atoms with van der Waals surface area (Å²) in [6, 6.07) is 14.8. The fourth-order valence-corrected chi connectivity index (χ4v) is 5.59. The predicted octanol–water partition coefficient (Wildman–Crippen LogP) is 4.91. The molecule has 0 atom stereocenters. The van der Waals surface area contributed by atoms with Gasteiger partial charge in [-0.3, -0.25) is 9.44 Å². The summed E-state index contributed by atoms with van der Waals surface area (Å²) in [7, 11) is -6.54. The second-order valence-electron chi connectivity index (χ2n) is 6.50. The van der Waals surface area contributed by atoms with E-state index in [4.69, 9.17) is 27.9 Å². The van der Waals surface area contributed by atoms with Gasteiger partial charge >= 0.3 is 0 Å². The van der Waals surface area contributed by atoms with Crippen LogP contribution in [0.15, 0.2) is 70.5 Å². The molecule has 0 aliphatic rings. The lowest BCUT2D eigenvalue weighted by Gasteiger charge is -2.13. The zero-order chi connectivity index (χ0) is 22.8. The number of sulfonamides is 2. The Bertz CT molecular complexity index is 1310. The fraction of sp³-hybridized carbons (Fsp3) is 0.100. The van der Waals surface area contributed by atoms with Crippen LogP contribution in [0.25, 0.3) is 0 Å². The van der Waals surface area contributed by atoms with Crippen LogP contribution in [0.3, 0.4) is 0 Å². The van der Waals surface area contributed by atoms with Gasteiger partial charge in [-0.25, -0.2) is 16.8 Å². The van der Waals surface area contributed by atoms with Crippen LogP contribution in [0, 0.1) is 6.92 Å². The van der Waals surface area contributed by atoms with Gasteiger partial charge in [0.05, 0.1) is 17.0 Å². The average molecular weight is 501 g/mol. The van der Waals surface area contributed by atoms with Crippen LogP contribution in [-0.4, -0.2) is 23.9 Å². The predicted molar refractivity (Wildman–Crippen MR) is 122 cm³/mol. The summed E-state index contributed by atoms with van der Waals surface area (Å²) in [5.41, 5.74) is 1.57. The van der Waals surface area contributed by atoms with Gasteiger partial charge in [0.25, 0.3) is 20.0 Å². The Kier molecular flexibility index (Phi) is 6.70. The van der Waals surface area contributed by atoms with E-state index in [0.29, 0.717) is 5.69 Å². The molecule has 0 fully saturated rings. The van der Waals surface area contributed by atoms with Crippen molar-refractivity contribution in [3.05, 3.63) is 76.3 Å². The normalized spacial score (nSPS) is 11.7. The fourth-order valence-electron chi connectivity index (χ4n) is 2.63. The van der Waals surface area contributed by atoms with E-state index < -0.39 is 20.0 Å². The molecule has 0 aliphatic carbocycles. The maximum Gasteiger partial charge on any atom is 0.263 e. The van der Waals surface area contributed by atoms with E-state index >= 15 is 0 Å². The van der Waals surface area contributed by atoms with Crippen LogP contribution in [0.1, 0.15) is 5.56 Å². The summed E-state index contributed by atoms with van der Waals surface area (Å²) in [6.45, 7) is 1.89. The van der Waals surface area contributed by atoms with Crippen molar-refractivity contribution in [3.8, 4) is 5.75 Å². The molecule has 3 rings (SSSR count). The molecule has 0 saturated carbocycles. The Morgan fingerprint density at radius 3 is 1.77 bits per heavy atom. The van der Waals surface area contributed by atoms with Crippen LogP contribution in [-0.2, 0) is 20.0 Å². The van der Waals surface area contributed by atoms with Crippen molar-refractivity contribution in [2.24, 2.45) is 0 Å². The lowest BCUT2D eigenvalue weighted by molar-refractivity contribution is 0.414. The number of aryl methyl sites for hydroxylation is 1. The van der Waals surface area contributed by atoms with Crippen molar-refractivity contribution in [1.82, 2.24) is 0 Å². The summed E-state index contributed by atoms with van der Waals surface area (Å²) in [4.78, 5) is -0.265. The monoisotopic (exact) mass is 500 g/mol. The lowest BCUT2D eigenvalue weighted by Crippen LogP contribution is -2.15. The van der Waals surface area contributed by atoms with Crippen LogP contribution in [0.4, 0.5) is 11.4 Å². The van der Waals surface area contributed by atoms with Gasteiger partial charge in [0.15, 0.2) is 0 Å². The molecule has 31 heavy (non-hydrogen) atoms. The Morgan fingerprint density at radius 1 is 0.710 bits per heavy atom. The number of anilines is 2. The van der Waals surface area contributed by atoms with Gasteiger partial charge in [0.1, 0.15) is 15.7 Å². The van der Waals surface area contributed by atoms with Gasteiger partial charge in [0.2, 0.25) is 0 Å². The van der Waals surface area contributed by atoms with Crippen LogP contribution in [0.2, 0.25) is 10.0 Å². The summed E-state index contributed by atoms with van der Waals surface area (Å²) in [5, 5.41) is -0.217. The zero-order valence-electron chi connectivity index (χ0n) is 16.4. The third-order valence-corrected chi connectivity index (χ3v) is 8.04. The van der Waals surface area contributed by atoms with E-state index in [9.17, 15) is 16.8 Å². The van der Waals surface area contributed by atoms with E-state index in [-0.39, 0.29) is 31.3 Å². The molecular weight excluding hydrogens is 483 g/mol. The summed E-state index contributed by atoms with van der Waals surface area (Å²) >= 11 is 12.1. The number of hydrogen-bond acceptors (Lipinski definition) is 5. The highest BCUT2D eigenvalue weighted by Gasteiger charge is 2.22.